The number of carbonyl (C=O) groups is 3. The van der Waals surface area contributed by atoms with Crippen LogP contribution in [0.25, 0.3) is 0 Å². The van der Waals surface area contributed by atoms with Crippen LogP contribution in [0, 0.1) is 0 Å². The van der Waals surface area contributed by atoms with Crippen molar-refractivity contribution in [2.45, 2.75) is 13.0 Å². The first-order valence-electron chi connectivity index (χ1n) is 7.71. The first kappa shape index (κ1) is 17.2. The van der Waals surface area contributed by atoms with E-state index in [1.807, 2.05) is 0 Å². The summed E-state index contributed by atoms with van der Waals surface area (Å²) < 4.78 is 0. The molecule has 132 valence electrons. The molecule has 1 heterocycles. The van der Waals surface area contributed by atoms with Gasteiger partial charge >= 0.3 is 5.97 Å². The number of nitrogens with zero attached hydrogens (tertiary/aromatic N) is 1. The third-order valence-electron chi connectivity index (χ3n) is 4.19. The normalized spacial score (nSPS) is 16.9. The smallest absolute Gasteiger partial charge is 0.339 e. The Bertz CT molecular complexity index is 948. The molecule has 0 spiro atoms. The molecule has 7 nitrogen and oxygen atoms in total. The maximum absolute atomic E-state index is 12.6. The van der Waals surface area contributed by atoms with Gasteiger partial charge < -0.3 is 15.3 Å². The summed E-state index contributed by atoms with van der Waals surface area (Å²) in [4.78, 5) is 36.9. The van der Waals surface area contributed by atoms with Crippen molar-refractivity contribution in [3.05, 3.63) is 71.0 Å². The number of carboxylic acid groups (broad SMARTS) is 1. The third-order valence-corrected chi connectivity index (χ3v) is 4.19. The van der Waals surface area contributed by atoms with Gasteiger partial charge in [-0.15, -0.1) is 0 Å². The number of aromatic hydroxyl groups is 1. The highest BCUT2D eigenvalue weighted by molar-refractivity contribution is 6.16. The minimum Gasteiger partial charge on any atom is -0.507 e. The van der Waals surface area contributed by atoms with E-state index in [1.165, 1.54) is 13.0 Å². The summed E-state index contributed by atoms with van der Waals surface area (Å²) in [5.41, 5.74) is 0.384. The fraction of sp³-hybridized carbons (Fsp3) is 0.105. The van der Waals surface area contributed by atoms with Crippen molar-refractivity contribution < 1.29 is 29.7 Å². The van der Waals surface area contributed by atoms with Crippen LogP contribution in [0.4, 0.5) is 5.69 Å². The predicted octanol–water partition coefficient (Wildman–Crippen LogP) is 2.58. The van der Waals surface area contributed by atoms with Crippen molar-refractivity contribution in [1.29, 1.82) is 0 Å². The summed E-state index contributed by atoms with van der Waals surface area (Å²) >= 11 is 0. The van der Waals surface area contributed by atoms with Crippen LogP contribution in [-0.4, -0.2) is 33.0 Å². The molecule has 0 radical (unpaired) electrons. The Morgan fingerprint density at radius 2 is 1.69 bits per heavy atom. The molecule has 0 saturated carbocycles. The number of aliphatic hydroxyl groups is 1. The van der Waals surface area contributed by atoms with E-state index >= 15 is 0 Å². The number of hydrogen-bond donors (Lipinski definition) is 3. The zero-order valence-electron chi connectivity index (χ0n) is 13.7. The minimum absolute atomic E-state index is 0.0528. The Labute approximate surface area is 148 Å². The second kappa shape index (κ2) is 6.36. The third kappa shape index (κ3) is 2.69. The van der Waals surface area contributed by atoms with E-state index in [2.05, 4.69) is 0 Å². The highest BCUT2D eigenvalue weighted by Crippen LogP contribution is 2.41. The standard InChI is InChI=1S/C19H15NO6/c1-10(21)15-16(11-5-3-2-4-6-11)20(18(24)17(15)23)12-7-8-13(19(25)26)14(22)9-12/h2-9,16,22-23H,1H3,(H,25,26)/t16-/m0/s1. The fourth-order valence-electron chi connectivity index (χ4n) is 3.03. The molecular weight excluding hydrogens is 338 g/mol. The highest BCUT2D eigenvalue weighted by Gasteiger charge is 2.43. The molecule has 0 aliphatic carbocycles. The first-order valence-corrected chi connectivity index (χ1v) is 7.71. The lowest BCUT2D eigenvalue weighted by atomic mass is 9.96. The Morgan fingerprint density at radius 1 is 1.04 bits per heavy atom. The molecule has 1 aliphatic heterocycles. The maximum Gasteiger partial charge on any atom is 0.339 e. The van der Waals surface area contributed by atoms with Gasteiger partial charge in [-0.1, -0.05) is 30.3 Å². The lowest BCUT2D eigenvalue weighted by Gasteiger charge is -2.27. The van der Waals surface area contributed by atoms with Crippen molar-refractivity contribution in [3.63, 3.8) is 0 Å². The van der Waals surface area contributed by atoms with E-state index in [1.54, 1.807) is 30.3 Å². The Kier molecular flexibility index (Phi) is 4.21. The lowest BCUT2D eigenvalue weighted by molar-refractivity contribution is -0.117. The molecule has 3 rings (SSSR count). The van der Waals surface area contributed by atoms with Gasteiger partial charge in [0.25, 0.3) is 5.91 Å². The molecule has 2 aromatic carbocycles. The van der Waals surface area contributed by atoms with Crippen LogP contribution >= 0.6 is 0 Å². The molecule has 7 heteroatoms. The molecule has 0 bridgehead atoms. The number of phenols is 1. The molecule has 26 heavy (non-hydrogen) atoms. The number of carbonyl (C=O) groups excluding carboxylic acids is 2. The van der Waals surface area contributed by atoms with Crippen LogP contribution in [0.3, 0.4) is 0 Å². The number of anilines is 1. The van der Waals surface area contributed by atoms with Crippen LogP contribution in [-0.2, 0) is 9.59 Å². The first-order chi connectivity index (χ1) is 12.3. The molecule has 3 N–H and O–H groups in total. The van der Waals surface area contributed by atoms with Gasteiger partial charge in [-0.25, -0.2) is 4.79 Å². The highest BCUT2D eigenvalue weighted by atomic mass is 16.4. The molecule has 0 unspecified atom stereocenters. The molecular formula is C19H15NO6. The average Bonchev–Trinajstić information content (AvgIpc) is 2.87. The van der Waals surface area contributed by atoms with Crippen molar-refractivity contribution >= 4 is 23.3 Å². The van der Waals surface area contributed by atoms with Gasteiger partial charge in [0.1, 0.15) is 11.3 Å². The number of rotatable bonds is 4. The van der Waals surface area contributed by atoms with Crippen LogP contribution < -0.4 is 4.90 Å². The molecule has 0 fully saturated rings. The minimum atomic E-state index is -1.31. The molecule has 1 aliphatic rings. The molecule has 0 aromatic heterocycles. The number of ketones is 1. The fourth-order valence-corrected chi connectivity index (χ4v) is 3.03. The number of amides is 1. The zero-order valence-corrected chi connectivity index (χ0v) is 13.7. The topological polar surface area (TPSA) is 115 Å². The SMILES string of the molecule is CC(=O)C1=C(O)C(=O)N(c2ccc(C(=O)O)c(O)c2)[C@H]1c1ccccc1. The summed E-state index contributed by atoms with van der Waals surface area (Å²) in [6.07, 6.45) is 0. The number of Topliss-reactive ketones (excluding diaryl/α,β-unsaturated/α-hetero) is 1. The summed E-state index contributed by atoms with van der Waals surface area (Å²) in [6.45, 7) is 1.25. The van der Waals surface area contributed by atoms with E-state index in [0.717, 1.165) is 17.0 Å². The molecule has 2 aromatic rings. The number of benzene rings is 2. The number of aliphatic hydroxyl groups excluding tert-OH is 1. The Morgan fingerprint density at radius 3 is 2.23 bits per heavy atom. The van der Waals surface area contributed by atoms with Crippen LogP contribution in [0.15, 0.2) is 59.9 Å². The summed E-state index contributed by atoms with van der Waals surface area (Å²) in [5.74, 6) is -3.75. The van der Waals surface area contributed by atoms with Gasteiger partial charge in [-0.05, 0) is 24.6 Å². The van der Waals surface area contributed by atoms with E-state index in [4.69, 9.17) is 5.11 Å². The zero-order chi connectivity index (χ0) is 19.0. The molecule has 1 atom stereocenters. The average molecular weight is 353 g/mol. The quantitative estimate of drug-likeness (QED) is 0.778. The van der Waals surface area contributed by atoms with Crippen LogP contribution in [0.2, 0.25) is 0 Å². The van der Waals surface area contributed by atoms with Gasteiger partial charge in [0, 0.05) is 11.8 Å². The van der Waals surface area contributed by atoms with Crippen molar-refractivity contribution in [3.8, 4) is 5.75 Å². The van der Waals surface area contributed by atoms with Crippen molar-refractivity contribution in [2.24, 2.45) is 0 Å². The van der Waals surface area contributed by atoms with Gasteiger partial charge in [0.2, 0.25) is 0 Å². The maximum atomic E-state index is 12.6. The second-order valence-electron chi connectivity index (χ2n) is 5.81. The number of carboxylic acids is 1. The predicted molar refractivity (Wildman–Crippen MR) is 92.1 cm³/mol. The largest absolute Gasteiger partial charge is 0.507 e. The van der Waals surface area contributed by atoms with E-state index in [-0.39, 0.29) is 16.8 Å². The lowest BCUT2D eigenvalue weighted by Crippen LogP contribution is -2.30. The Balaban J connectivity index is 2.17. The number of hydrogen-bond acceptors (Lipinski definition) is 5. The van der Waals surface area contributed by atoms with Crippen LogP contribution in [0.5, 0.6) is 5.75 Å². The van der Waals surface area contributed by atoms with Gasteiger partial charge in [0.05, 0.1) is 11.6 Å². The van der Waals surface area contributed by atoms with E-state index < -0.39 is 35.2 Å². The van der Waals surface area contributed by atoms with E-state index in [9.17, 15) is 24.6 Å². The molecule has 0 saturated heterocycles. The van der Waals surface area contributed by atoms with Crippen molar-refractivity contribution in [2.75, 3.05) is 4.90 Å². The second-order valence-corrected chi connectivity index (χ2v) is 5.81. The summed E-state index contributed by atoms with van der Waals surface area (Å²) in [6, 6.07) is 11.4. The van der Waals surface area contributed by atoms with Gasteiger partial charge in [-0.3, -0.25) is 14.5 Å². The Hall–Kier alpha value is -3.61. The number of aromatic carboxylic acids is 1. The summed E-state index contributed by atoms with van der Waals surface area (Å²) in [7, 11) is 0. The van der Waals surface area contributed by atoms with E-state index in [0.29, 0.717) is 5.56 Å². The van der Waals surface area contributed by atoms with Gasteiger partial charge in [-0.2, -0.15) is 0 Å². The van der Waals surface area contributed by atoms with Gasteiger partial charge in [0.15, 0.2) is 11.5 Å². The molecule has 1 amide bonds. The monoisotopic (exact) mass is 353 g/mol. The van der Waals surface area contributed by atoms with Crippen molar-refractivity contribution in [1.82, 2.24) is 0 Å². The van der Waals surface area contributed by atoms with Crippen LogP contribution in [0.1, 0.15) is 28.9 Å². The summed E-state index contributed by atoms with van der Waals surface area (Å²) in [5, 5.41) is 29.2.